The van der Waals surface area contributed by atoms with Crippen LogP contribution in [0.5, 0.6) is 0 Å². The van der Waals surface area contributed by atoms with Crippen LogP contribution in [0.15, 0.2) is 78.9 Å². The molecule has 0 aliphatic rings. The highest BCUT2D eigenvalue weighted by Crippen LogP contribution is 2.22. The van der Waals surface area contributed by atoms with Gasteiger partial charge in [0, 0.05) is 25.1 Å². The Hall–Kier alpha value is -3.47. The van der Waals surface area contributed by atoms with Crippen molar-refractivity contribution in [2.45, 2.75) is 19.3 Å². The quantitative estimate of drug-likeness (QED) is 0.509. The molecule has 0 unspecified atom stereocenters. The number of hydrogen-bond donors (Lipinski definition) is 1. The minimum Gasteiger partial charge on any atom is -0.356 e. The normalized spacial score (nSPS) is 10.9. The van der Waals surface area contributed by atoms with Gasteiger partial charge in [-0.3, -0.25) is 9.36 Å². The number of amides is 1. The summed E-state index contributed by atoms with van der Waals surface area (Å²) in [5.41, 5.74) is 3.99. The summed E-state index contributed by atoms with van der Waals surface area (Å²) in [7, 11) is 0. The molecule has 1 heterocycles. The highest BCUT2D eigenvalue weighted by Gasteiger charge is 2.13. The summed E-state index contributed by atoms with van der Waals surface area (Å²) in [6.07, 6.45) is 1.58. The predicted octanol–water partition coefficient (Wildman–Crippen LogP) is 4.46. The first-order chi connectivity index (χ1) is 14.2. The molecule has 0 fully saturated rings. The molecule has 0 saturated carbocycles. The van der Waals surface area contributed by atoms with Crippen LogP contribution in [0, 0.1) is 5.82 Å². The molecule has 1 aromatic heterocycles. The summed E-state index contributed by atoms with van der Waals surface area (Å²) in [6.45, 7) is 0.527. The van der Waals surface area contributed by atoms with Crippen LogP contribution in [-0.4, -0.2) is 22.0 Å². The van der Waals surface area contributed by atoms with Crippen molar-refractivity contribution in [2.24, 2.45) is 0 Å². The fourth-order valence-electron chi connectivity index (χ4n) is 3.42. The minimum absolute atomic E-state index is 0.0150. The Kier molecular flexibility index (Phi) is 5.66. The van der Waals surface area contributed by atoms with Gasteiger partial charge in [0.1, 0.15) is 11.6 Å². The maximum absolute atomic E-state index is 13.0. The highest BCUT2D eigenvalue weighted by atomic mass is 19.1. The van der Waals surface area contributed by atoms with E-state index in [1.807, 2.05) is 54.6 Å². The Morgan fingerprint density at radius 1 is 0.897 bits per heavy atom. The third kappa shape index (κ3) is 4.51. The average molecular weight is 387 g/mol. The zero-order valence-electron chi connectivity index (χ0n) is 16.0. The lowest BCUT2D eigenvalue weighted by atomic mass is 10.1. The smallest absolute Gasteiger partial charge is 0.220 e. The van der Waals surface area contributed by atoms with Crippen molar-refractivity contribution >= 4 is 16.9 Å². The molecule has 0 saturated heterocycles. The van der Waals surface area contributed by atoms with Crippen LogP contribution in [-0.2, 0) is 17.6 Å². The summed E-state index contributed by atoms with van der Waals surface area (Å²) < 4.78 is 15.1. The molecule has 0 aliphatic heterocycles. The second-order valence-electron chi connectivity index (χ2n) is 6.91. The highest BCUT2D eigenvalue weighted by molar-refractivity contribution is 5.79. The largest absolute Gasteiger partial charge is 0.356 e. The Morgan fingerprint density at radius 3 is 2.41 bits per heavy atom. The van der Waals surface area contributed by atoms with E-state index in [1.54, 1.807) is 12.1 Å². The van der Waals surface area contributed by atoms with Crippen LogP contribution in [0.2, 0.25) is 0 Å². The second-order valence-corrected chi connectivity index (χ2v) is 6.91. The van der Waals surface area contributed by atoms with Crippen molar-refractivity contribution in [1.82, 2.24) is 14.9 Å². The van der Waals surface area contributed by atoms with E-state index in [9.17, 15) is 9.18 Å². The van der Waals surface area contributed by atoms with Crippen LogP contribution >= 0.6 is 0 Å². The monoisotopic (exact) mass is 387 g/mol. The maximum atomic E-state index is 13.0. The topological polar surface area (TPSA) is 46.9 Å². The zero-order valence-corrected chi connectivity index (χ0v) is 16.0. The lowest BCUT2D eigenvalue weighted by Gasteiger charge is -2.10. The Labute approximate surface area is 169 Å². The molecule has 0 spiro atoms. The van der Waals surface area contributed by atoms with Gasteiger partial charge in [-0.2, -0.15) is 0 Å². The number of para-hydroxylation sites is 3. The molecule has 5 heteroatoms. The third-order valence-corrected chi connectivity index (χ3v) is 4.87. The number of aryl methyl sites for hydroxylation is 1. The number of fused-ring (bicyclic) bond motifs is 1. The van der Waals surface area contributed by atoms with E-state index in [2.05, 4.69) is 9.88 Å². The SMILES string of the molecule is O=C(CCc1nc2ccccc2n1-c1ccccc1)NCCc1ccc(F)cc1. The fraction of sp³-hybridized carbons (Fsp3) is 0.167. The number of nitrogens with one attached hydrogen (secondary N) is 1. The van der Waals surface area contributed by atoms with E-state index in [1.165, 1.54) is 12.1 Å². The Balaban J connectivity index is 1.41. The number of nitrogens with zero attached hydrogens (tertiary/aromatic N) is 2. The van der Waals surface area contributed by atoms with Crippen molar-refractivity contribution in [2.75, 3.05) is 6.54 Å². The van der Waals surface area contributed by atoms with E-state index in [0.29, 0.717) is 25.8 Å². The standard InChI is InChI=1S/C24H22FN3O/c25-19-12-10-18(11-13-19)16-17-26-24(29)15-14-23-27-21-8-4-5-9-22(21)28(23)20-6-2-1-3-7-20/h1-13H,14-17H2,(H,26,29). The van der Waals surface area contributed by atoms with Crippen molar-refractivity contribution in [3.63, 3.8) is 0 Å². The number of halogens is 1. The van der Waals surface area contributed by atoms with Gasteiger partial charge in [-0.05, 0) is 48.4 Å². The summed E-state index contributed by atoms with van der Waals surface area (Å²) >= 11 is 0. The molecule has 0 aliphatic carbocycles. The molecule has 1 N–H and O–H groups in total. The van der Waals surface area contributed by atoms with E-state index in [0.717, 1.165) is 28.1 Å². The number of hydrogen-bond acceptors (Lipinski definition) is 2. The van der Waals surface area contributed by atoms with E-state index < -0.39 is 0 Å². The molecule has 4 rings (SSSR count). The molecular formula is C24H22FN3O. The van der Waals surface area contributed by atoms with Gasteiger partial charge in [0.2, 0.25) is 5.91 Å². The number of rotatable bonds is 7. The number of aromatic nitrogens is 2. The lowest BCUT2D eigenvalue weighted by Crippen LogP contribution is -2.26. The van der Waals surface area contributed by atoms with Gasteiger partial charge in [-0.25, -0.2) is 9.37 Å². The Morgan fingerprint density at radius 2 is 1.62 bits per heavy atom. The summed E-state index contributed by atoms with van der Waals surface area (Å²) in [5, 5.41) is 2.94. The van der Waals surface area contributed by atoms with Crippen LogP contribution in [0.1, 0.15) is 17.8 Å². The molecule has 3 aromatic carbocycles. The van der Waals surface area contributed by atoms with Crippen molar-refractivity contribution in [3.8, 4) is 5.69 Å². The predicted molar refractivity (Wildman–Crippen MR) is 113 cm³/mol. The Bertz CT molecular complexity index is 1100. The molecule has 0 atom stereocenters. The molecule has 29 heavy (non-hydrogen) atoms. The minimum atomic E-state index is -0.251. The first-order valence-electron chi connectivity index (χ1n) is 9.73. The van der Waals surface area contributed by atoms with Gasteiger partial charge in [0.15, 0.2) is 0 Å². The number of imidazole rings is 1. The van der Waals surface area contributed by atoms with Gasteiger partial charge in [0.25, 0.3) is 0 Å². The third-order valence-electron chi connectivity index (χ3n) is 4.87. The molecule has 4 aromatic rings. The van der Waals surface area contributed by atoms with Crippen LogP contribution < -0.4 is 5.32 Å². The van der Waals surface area contributed by atoms with E-state index >= 15 is 0 Å². The molecule has 1 amide bonds. The molecule has 0 bridgehead atoms. The zero-order chi connectivity index (χ0) is 20.1. The van der Waals surface area contributed by atoms with Gasteiger partial charge in [-0.1, -0.05) is 42.5 Å². The van der Waals surface area contributed by atoms with Gasteiger partial charge >= 0.3 is 0 Å². The van der Waals surface area contributed by atoms with Crippen molar-refractivity contribution in [3.05, 3.63) is 96.1 Å². The molecule has 146 valence electrons. The van der Waals surface area contributed by atoms with Gasteiger partial charge in [-0.15, -0.1) is 0 Å². The van der Waals surface area contributed by atoms with Crippen LogP contribution in [0.25, 0.3) is 16.7 Å². The van der Waals surface area contributed by atoms with Crippen LogP contribution in [0.4, 0.5) is 4.39 Å². The number of carbonyl (C=O) groups is 1. The first-order valence-corrected chi connectivity index (χ1v) is 9.73. The summed E-state index contributed by atoms with van der Waals surface area (Å²) in [5.74, 6) is 0.601. The lowest BCUT2D eigenvalue weighted by molar-refractivity contribution is -0.121. The van der Waals surface area contributed by atoms with Crippen LogP contribution in [0.3, 0.4) is 0 Å². The van der Waals surface area contributed by atoms with E-state index in [4.69, 9.17) is 4.98 Å². The van der Waals surface area contributed by atoms with Gasteiger partial charge in [0.05, 0.1) is 11.0 Å². The summed E-state index contributed by atoms with van der Waals surface area (Å²) in [6, 6.07) is 24.4. The van der Waals surface area contributed by atoms with Crippen molar-refractivity contribution in [1.29, 1.82) is 0 Å². The number of benzene rings is 3. The fourth-order valence-corrected chi connectivity index (χ4v) is 3.42. The number of carbonyl (C=O) groups excluding carboxylic acids is 1. The average Bonchev–Trinajstić information content (AvgIpc) is 3.13. The molecule has 0 radical (unpaired) electrons. The van der Waals surface area contributed by atoms with E-state index in [-0.39, 0.29) is 11.7 Å². The molecular weight excluding hydrogens is 365 g/mol. The van der Waals surface area contributed by atoms with Crippen molar-refractivity contribution < 1.29 is 9.18 Å². The maximum Gasteiger partial charge on any atom is 0.220 e. The first kappa shape index (κ1) is 18.9. The van der Waals surface area contributed by atoms with Gasteiger partial charge < -0.3 is 5.32 Å². The summed E-state index contributed by atoms with van der Waals surface area (Å²) in [4.78, 5) is 17.1. The molecule has 4 nitrogen and oxygen atoms in total. The second kappa shape index (κ2) is 8.69.